The first-order valence-electron chi connectivity index (χ1n) is 15.0. The number of rotatable bonds is 12. The number of nitrogens with one attached hydrogen (secondary N) is 1. The number of hydrogen-bond donors (Lipinski definition) is 1. The number of nitro groups is 2. The third kappa shape index (κ3) is 9.27. The molecule has 1 aliphatic rings. The summed E-state index contributed by atoms with van der Waals surface area (Å²) in [7, 11) is -3.80. The predicted molar refractivity (Wildman–Crippen MR) is 176 cm³/mol. The Morgan fingerprint density at radius 1 is 0.816 bits per heavy atom. The van der Waals surface area contributed by atoms with Crippen LogP contribution >= 0.6 is 0 Å². The van der Waals surface area contributed by atoms with Crippen molar-refractivity contribution in [3.8, 4) is 0 Å². The molecule has 2 amide bonds. The Morgan fingerprint density at radius 3 is 1.90 bits per heavy atom. The van der Waals surface area contributed by atoms with Gasteiger partial charge in [0.05, 0.1) is 28.8 Å². The van der Waals surface area contributed by atoms with Crippen LogP contribution in [0.15, 0.2) is 84.9 Å². The van der Waals surface area contributed by atoms with Crippen LogP contribution in [-0.2, 0) is 50.0 Å². The first-order chi connectivity index (χ1) is 23.4. The summed E-state index contributed by atoms with van der Waals surface area (Å²) < 4.78 is 39.9. The number of carbonyl (C=O) groups is 2. The van der Waals surface area contributed by atoms with Crippen LogP contribution in [0, 0.1) is 20.2 Å². The molecule has 1 N–H and O–H groups in total. The van der Waals surface area contributed by atoms with E-state index in [1.54, 1.807) is 0 Å². The van der Waals surface area contributed by atoms with Crippen molar-refractivity contribution in [2.24, 2.45) is 0 Å². The van der Waals surface area contributed by atoms with Crippen LogP contribution in [0.2, 0.25) is 0 Å². The van der Waals surface area contributed by atoms with Gasteiger partial charge in [0.2, 0.25) is 0 Å². The van der Waals surface area contributed by atoms with Crippen LogP contribution in [0.4, 0.5) is 21.0 Å². The van der Waals surface area contributed by atoms with E-state index in [1.807, 2.05) is 36.4 Å². The molecular weight excluding hydrogens is 660 g/mol. The van der Waals surface area contributed by atoms with E-state index < -0.39 is 44.3 Å². The Balaban J connectivity index is 1.26. The van der Waals surface area contributed by atoms with Crippen LogP contribution in [0.25, 0.3) is 10.8 Å². The maximum atomic E-state index is 13.3. The lowest BCUT2D eigenvalue weighted by Gasteiger charge is -2.24. The van der Waals surface area contributed by atoms with Gasteiger partial charge in [-0.1, -0.05) is 36.4 Å². The first kappa shape index (κ1) is 34.7. The molecule has 0 unspecified atom stereocenters. The zero-order chi connectivity index (χ0) is 35.1. The minimum absolute atomic E-state index is 0.0151. The zero-order valence-corrected chi connectivity index (χ0v) is 27.0. The molecule has 16 heteroatoms. The summed E-state index contributed by atoms with van der Waals surface area (Å²) in [6, 6.07) is 22.1. The van der Waals surface area contributed by atoms with Gasteiger partial charge in [0.15, 0.2) is 0 Å². The van der Waals surface area contributed by atoms with E-state index in [4.69, 9.17) is 13.7 Å². The monoisotopic (exact) mass is 692 g/mol. The summed E-state index contributed by atoms with van der Waals surface area (Å²) >= 11 is 0. The second-order valence-corrected chi connectivity index (χ2v) is 13.0. The van der Waals surface area contributed by atoms with E-state index in [2.05, 4.69) is 5.32 Å². The minimum Gasteiger partial charge on any atom is -0.445 e. The van der Waals surface area contributed by atoms with Crippen LogP contribution in [-0.4, -0.2) is 60.3 Å². The van der Waals surface area contributed by atoms with Gasteiger partial charge in [0, 0.05) is 36.9 Å². The summed E-state index contributed by atoms with van der Waals surface area (Å²) in [5, 5.41) is 26.2. The van der Waals surface area contributed by atoms with Gasteiger partial charge in [0.1, 0.15) is 13.2 Å². The maximum absolute atomic E-state index is 13.3. The molecule has 0 aliphatic carbocycles. The third-order valence-electron chi connectivity index (χ3n) is 7.93. The Kier molecular flexibility index (Phi) is 10.7. The molecule has 1 aliphatic heterocycles. The van der Waals surface area contributed by atoms with Gasteiger partial charge < -0.3 is 19.7 Å². The lowest BCUT2D eigenvalue weighted by molar-refractivity contribution is -0.385. The topological polar surface area (TPSA) is 198 Å². The van der Waals surface area contributed by atoms with Crippen molar-refractivity contribution in [1.29, 1.82) is 0 Å². The number of likely N-dealkylation sites (tertiary alicyclic amines) is 1. The Hall–Kier alpha value is -5.61. The Morgan fingerprint density at radius 2 is 1.35 bits per heavy atom. The van der Waals surface area contributed by atoms with Gasteiger partial charge >= 0.3 is 12.2 Å². The van der Waals surface area contributed by atoms with Gasteiger partial charge in [-0.2, -0.15) is 8.42 Å². The summed E-state index contributed by atoms with van der Waals surface area (Å²) in [5.74, 6) is 0. The average Bonchev–Trinajstić information content (AvgIpc) is 3.46. The number of fused-ring (bicyclic) bond motifs is 1. The molecule has 0 spiro atoms. The van der Waals surface area contributed by atoms with Crippen molar-refractivity contribution in [3.63, 3.8) is 0 Å². The van der Waals surface area contributed by atoms with Crippen molar-refractivity contribution in [2.75, 3.05) is 12.8 Å². The molecule has 1 saturated heterocycles. The van der Waals surface area contributed by atoms with Gasteiger partial charge in [-0.25, -0.2) is 9.59 Å². The van der Waals surface area contributed by atoms with Crippen LogP contribution < -0.4 is 5.32 Å². The van der Waals surface area contributed by atoms with E-state index in [0.717, 1.165) is 28.2 Å². The van der Waals surface area contributed by atoms with E-state index in [1.165, 1.54) is 53.4 Å². The van der Waals surface area contributed by atoms with Crippen LogP contribution in [0.1, 0.15) is 28.7 Å². The molecule has 0 bridgehead atoms. The van der Waals surface area contributed by atoms with Gasteiger partial charge in [-0.3, -0.25) is 24.4 Å². The smallest absolute Gasteiger partial charge is 0.410 e. The Bertz CT molecular complexity index is 1970. The highest BCUT2D eigenvalue weighted by molar-refractivity contribution is 7.86. The number of nitrogens with zero attached hydrogens (tertiary/aromatic N) is 3. The molecule has 1 heterocycles. The van der Waals surface area contributed by atoms with Crippen molar-refractivity contribution in [1.82, 2.24) is 10.2 Å². The van der Waals surface area contributed by atoms with Crippen LogP contribution in [0.3, 0.4) is 0 Å². The lowest BCUT2D eigenvalue weighted by atomic mass is 9.94. The van der Waals surface area contributed by atoms with Crippen molar-refractivity contribution in [2.45, 2.75) is 44.7 Å². The van der Waals surface area contributed by atoms with E-state index >= 15 is 0 Å². The lowest BCUT2D eigenvalue weighted by Crippen LogP contribution is -2.37. The van der Waals surface area contributed by atoms with Gasteiger partial charge in [-0.15, -0.1) is 0 Å². The second kappa shape index (κ2) is 15.1. The second-order valence-electron chi connectivity index (χ2n) is 11.4. The largest absolute Gasteiger partial charge is 0.445 e. The van der Waals surface area contributed by atoms with Crippen molar-refractivity contribution < 1.29 is 41.5 Å². The SMILES string of the molecule is CS(=O)(=O)O[C@@H]1C[C@@H](Cc2ccc(CNC(=O)OCc3ccc([N+](=O)[O-])cc3)c3ccccc23)N(C(=O)OCc2ccc([N+](=O)[O-])cc2)C1. The molecule has 4 aromatic carbocycles. The summed E-state index contributed by atoms with van der Waals surface area (Å²) in [4.78, 5) is 47.9. The summed E-state index contributed by atoms with van der Waals surface area (Å²) in [6.45, 7) is -0.0756. The van der Waals surface area contributed by atoms with Crippen LogP contribution in [0.5, 0.6) is 0 Å². The van der Waals surface area contributed by atoms with Gasteiger partial charge in [0.25, 0.3) is 21.5 Å². The Labute approximate surface area is 280 Å². The number of alkyl carbamates (subject to hydrolysis) is 1. The molecule has 0 saturated carbocycles. The maximum Gasteiger partial charge on any atom is 0.410 e. The van der Waals surface area contributed by atoms with Crippen molar-refractivity contribution >= 4 is 44.5 Å². The number of nitro benzene ring substituents is 2. The predicted octanol–water partition coefficient (Wildman–Crippen LogP) is 5.38. The zero-order valence-electron chi connectivity index (χ0n) is 26.2. The fourth-order valence-electron chi connectivity index (χ4n) is 5.64. The number of benzene rings is 4. The molecule has 0 aromatic heterocycles. The number of ether oxygens (including phenoxy) is 2. The highest BCUT2D eigenvalue weighted by Gasteiger charge is 2.38. The fraction of sp³-hybridized carbons (Fsp3) is 0.273. The number of hydrogen-bond acceptors (Lipinski definition) is 11. The van der Waals surface area contributed by atoms with E-state index in [0.29, 0.717) is 17.5 Å². The molecule has 256 valence electrons. The molecular formula is C33H32N4O11S. The quantitative estimate of drug-likeness (QED) is 0.114. The molecule has 49 heavy (non-hydrogen) atoms. The molecule has 1 fully saturated rings. The minimum atomic E-state index is -3.80. The third-order valence-corrected chi connectivity index (χ3v) is 8.55. The number of non-ortho nitro benzene ring substituents is 2. The molecule has 15 nitrogen and oxygen atoms in total. The molecule has 4 aromatic rings. The fourth-order valence-corrected chi connectivity index (χ4v) is 6.27. The van der Waals surface area contributed by atoms with E-state index in [9.17, 15) is 38.2 Å². The average molecular weight is 693 g/mol. The summed E-state index contributed by atoms with van der Waals surface area (Å²) in [6.07, 6.45) is -0.598. The molecule has 5 rings (SSSR count). The van der Waals surface area contributed by atoms with Gasteiger partial charge in [-0.05, 0) is 70.1 Å². The number of carbonyl (C=O) groups excluding carboxylic acids is 2. The van der Waals surface area contributed by atoms with Crippen molar-refractivity contribution in [3.05, 3.63) is 127 Å². The highest BCUT2D eigenvalue weighted by Crippen LogP contribution is 2.30. The van der Waals surface area contributed by atoms with E-state index in [-0.39, 0.29) is 44.1 Å². The highest BCUT2D eigenvalue weighted by atomic mass is 32.2. The molecule has 0 radical (unpaired) electrons. The first-order valence-corrected chi connectivity index (χ1v) is 16.9. The molecule has 2 atom stereocenters. The number of amides is 2. The summed E-state index contributed by atoms with van der Waals surface area (Å²) in [5.41, 5.74) is 2.66. The normalized spacial score (nSPS) is 15.9. The standard InChI is InChI=1S/C33H32N4O11S/c1-49(44,45)48-29-17-28(35(19-29)33(39)47-21-23-8-14-27(15-9-23)37(42)43)16-24-10-11-25(31-5-3-2-4-30(24)31)18-34-32(38)46-20-22-6-12-26(13-7-22)36(40)41/h2-15,28-29H,16-21H2,1H3,(H,34,38)/t28-,29-/m1/s1.